The van der Waals surface area contributed by atoms with Gasteiger partial charge in [-0.3, -0.25) is 4.79 Å². The molecule has 0 spiro atoms. The van der Waals surface area contributed by atoms with Gasteiger partial charge >= 0.3 is 11.6 Å². The Morgan fingerprint density at radius 3 is 2.71 bits per heavy atom. The largest absolute Gasteiger partial charge is 0.487 e. The molecule has 0 atom stereocenters. The van der Waals surface area contributed by atoms with Gasteiger partial charge in [0.15, 0.2) is 0 Å². The minimum absolute atomic E-state index is 0.0476. The van der Waals surface area contributed by atoms with E-state index in [0.717, 1.165) is 0 Å². The molecular formula is C20H15BrClFO5. The summed E-state index contributed by atoms with van der Waals surface area (Å²) < 4.78 is 30.1. The van der Waals surface area contributed by atoms with Crippen LogP contribution < -0.4 is 10.4 Å². The molecule has 1 heterocycles. The SMILES string of the molecule is COC(=O)Cc1c(C)c2cc(Cl)c(OCc3ccc(Br)cc3F)cc2oc1=O. The van der Waals surface area contributed by atoms with Crippen LogP contribution in [0.15, 0.2) is 44.0 Å². The Bertz CT molecular complexity index is 1130. The first-order valence-electron chi connectivity index (χ1n) is 8.19. The van der Waals surface area contributed by atoms with Crippen molar-refractivity contribution in [2.45, 2.75) is 20.0 Å². The minimum atomic E-state index is -0.636. The van der Waals surface area contributed by atoms with Crippen molar-refractivity contribution in [3.63, 3.8) is 0 Å². The van der Waals surface area contributed by atoms with Crippen molar-refractivity contribution < 1.29 is 23.1 Å². The van der Waals surface area contributed by atoms with Gasteiger partial charge in [-0.1, -0.05) is 33.6 Å². The lowest BCUT2D eigenvalue weighted by molar-refractivity contribution is -0.139. The van der Waals surface area contributed by atoms with Gasteiger partial charge < -0.3 is 13.9 Å². The van der Waals surface area contributed by atoms with Gasteiger partial charge in [-0.15, -0.1) is 0 Å². The first-order valence-corrected chi connectivity index (χ1v) is 9.36. The number of carbonyl (C=O) groups is 1. The van der Waals surface area contributed by atoms with Gasteiger partial charge in [-0.05, 0) is 30.7 Å². The highest BCUT2D eigenvalue weighted by molar-refractivity contribution is 9.10. The normalized spacial score (nSPS) is 10.9. The average molecular weight is 470 g/mol. The van der Waals surface area contributed by atoms with Crippen LogP contribution in [0.5, 0.6) is 5.75 Å². The van der Waals surface area contributed by atoms with E-state index in [4.69, 9.17) is 20.8 Å². The zero-order chi connectivity index (χ0) is 20.4. The molecule has 0 aliphatic heterocycles. The Morgan fingerprint density at radius 1 is 1.29 bits per heavy atom. The molecule has 0 amide bonds. The summed E-state index contributed by atoms with van der Waals surface area (Å²) in [6.45, 7) is 1.65. The molecule has 0 saturated heterocycles. The zero-order valence-electron chi connectivity index (χ0n) is 15.0. The number of benzene rings is 2. The molecule has 3 aromatic rings. The van der Waals surface area contributed by atoms with E-state index < -0.39 is 17.4 Å². The molecule has 0 fully saturated rings. The highest BCUT2D eigenvalue weighted by Crippen LogP contribution is 2.32. The predicted octanol–water partition coefficient (Wildman–Crippen LogP) is 4.95. The quantitative estimate of drug-likeness (QED) is 0.391. The lowest BCUT2D eigenvalue weighted by atomic mass is 10.0. The summed E-state index contributed by atoms with van der Waals surface area (Å²) in [7, 11) is 1.25. The molecule has 5 nitrogen and oxygen atoms in total. The lowest BCUT2D eigenvalue weighted by Gasteiger charge is -2.12. The third-order valence-corrected chi connectivity index (χ3v) is 5.08. The molecule has 3 rings (SSSR count). The smallest absolute Gasteiger partial charge is 0.340 e. The molecule has 0 radical (unpaired) electrons. The van der Waals surface area contributed by atoms with Gasteiger partial charge in [0.25, 0.3) is 0 Å². The van der Waals surface area contributed by atoms with E-state index in [1.807, 2.05) is 0 Å². The van der Waals surface area contributed by atoms with Crippen LogP contribution in [0.3, 0.4) is 0 Å². The lowest BCUT2D eigenvalue weighted by Crippen LogP contribution is -2.16. The van der Waals surface area contributed by atoms with Gasteiger partial charge in [0.1, 0.15) is 23.8 Å². The van der Waals surface area contributed by atoms with E-state index in [2.05, 4.69) is 20.7 Å². The number of esters is 1. The van der Waals surface area contributed by atoms with Crippen LogP contribution in [0, 0.1) is 12.7 Å². The second-order valence-electron chi connectivity index (χ2n) is 6.05. The van der Waals surface area contributed by atoms with Crippen LogP contribution in [0.25, 0.3) is 11.0 Å². The van der Waals surface area contributed by atoms with Crippen molar-refractivity contribution >= 4 is 44.5 Å². The Morgan fingerprint density at radius 2 is 2.04 bits per heavy atom. The molecule has 1 aromatic heterocycles. The number of rotatable bonds is 5. The number of methoxy groups -OCH3 is 1. The monoisotopic (exact) mass is 468 g/mol. The fourth-order valence-corrected chi connectivity index (χ4v) is 3.27. The van der Waals surface area contributed by atoms with Crippen molar-refractivity contribution in [2.75, 3.05) is 7.11 Å². The topological polar surface area (TPSA) is 65.7 Å². The molecule has 0 unspecified atom stereocenters. The maximum atomic E-state index is 13.9. The van der Waals surface area contributed by atoms with E-state index >= 15 is 0 Å². The molecule has 2 aromatic carbocycles. The summed E-state index contributed by atoms with van der Waals surface area (Å²) in [4.78, 5) is 23.8. The summed E-state index contributed by atoms with van der Waals surface area (Å²) in [6, 6.07) is 7.70. The summed E-state index contributed by atoms with van der Waals surface area (Å²) in [5, 5.41) is 0.844. The van der Waals surface area contributed by atoms with Gasteiger partial charge in [-0.2, -0.15) is 0 Å². The van der Waals surface area contributed by atoms with Crippen LogP contribution >= 0.6 is 27.5 Å². The highest BCUT2D eigenvalue weighted by atomic mass is 79.9. The van der Waals surface area contributed by atoms with E-state index in [1.165, 1.54) is 19.2 Å². The number of halogens is 3. The van der Waals surface area contributed by atoms with Crippen molar-refractivity contribution in [3.8, 4) is 5.75 Å². The molecule has 146 valence electrons. The molecular weight excluding hydrogens is 455 g/mol. The number of aryl methyl sites for hydroxylation is 1. The van der Waals surface area contributed by atoms with E-state index in [0.29, 0.717) is 21.0 Å². The third kappa shape index (κ3) is 4.20. The highest BCUT2D eigenvalue weighted by Gasteiger charge is 2.17. The van der Waals surface area contributed by atoms with Crippen LogP contribution in [0.1, 0.15) is 16.7 Å². The molecule has 0 aliphatic rings. The number of hydrogen-bond donors (Lipinski definition) is 0. The Hall–Kier alpha value is -2.38. The molecule has 0 bridgehead atoms. The van der Waals surface area contributed by atoms with E-state index in [-0.39, 0.29) is 34.9 Å². The zero-order valence-corrected chi connectivity index (χ0v) is 17.3. The van der Waals surface area contributed by atoms with Gasteiger partial charge in [0, 0.05) is 21.5 Å². The first kappa shape index (κ1) is 20.4. The molecule has 0 aliphatic carbocycles. The minimum Gasteiger partial charge on any atom is -0.487 e. The van der Waals surface area contributed by atoms with Gasteiger partial charge in [0.05, 0.1) is 24.1 Å². The van der Waals surface area contributed by atoms with Crippen LogP contribution in [0.4, 0.5) is 4.39 Å². The molecule has 28 heavy (non-hydrogen) atoms. The standard InChI is InChI=1S/C20H15BrClFO5/c1-10-13-6-15(22)18(27-9-11-3-4-12(21)5-16(11)23)8-17(13)28-20(25)14(10)7-19(24)26-2/h3-6,8H,7,9H2,1-2H3. The summed E-state index contributed by atoms with van der Waals surface area (Å²) in [5.74, 6) is -0.710. The second-order valence-corrected chi connectivity index (χ2v) is 7.37. The van der Waals surface area contributed by atoms with Crippen LogP contribution in [0.2, 0.25) is 5.02 Å². The van der Waals surface area contributed by atoms with E-state index in [1.54, 1.807) is 25.1 Å². The van der Waals surface area contributed by atoms with Gasteiger partial charge in [-0.25, -0.2) is 9.18 Å². The average Bonchev–Trinajstić information content (AvgIpc) is 2.65. The molecule has 0 saturated carbocycles. The number of carbonyl (C=O) groups excluding carboxylic acids is 1. The summed E-state index contributed by atoms with van der Waals surface area (Å²) >= 11 is 9.49. The van der Waals surface area contributed by atoms with E-state index in [9.17, 15) is 14.0 Å². The van der Waals surface area contributed by atoms with Crippen molar-refractivity contribution in [1.82, 2.24) is 0 Å². The first-order chi connectivity index (χ1) is 13.3. The predicted molar refractivity (Wildman–Crippen MR) is 106 cm³/mol. The summed E-state index contributed by atoms with van der Waals surface area (Å²) in [5.41, 5.74) is 0.755. The Kier molecular flexibility index (Phi) is 6.05. The van der Waals surface area contributed by atoms with Crippen LogP contribution in [-0.2, 0) is 22.6 Å². The maximum absolute atomic E-state index is 13.9. The van der Waals surface area contributed by atoms with Crippen molar-refractivity contribution in [2.24, 2.45) is 0 Å². The molecule has 0 N–H and O–H groups in total. The van der Waals surface area contributed by atoms with Gasteiger partial charge in [0.2, 0.25) is 0 Å². The fourth-order valence-electron chi connectivity index (χ4n) is 2.72. The number of hydrogen-bond acceptors (Lipinski definition) is 5. The van der Waals surface area contributed by atoms with Crippen LogP contribution in [-0.4, -0.2) is 13.1 Å². The summed E-state index contributed by atoms with van der Waals surface area (Å²) in [6.07, 6.45) is -0.195. The third-order valence-electron chi connectivity index (χ3n) is 4.29. The number of fused-ring (bicyclic) bond motifs is 1. The Labute approximate surface area is 173 Å². The molecule has 8 heteroatoms. The Balaban J connectivity index is 1.95. The van der Waals surface area contributed by atoms with Crippen molar-refractivity contribution in [1.29, 1.82) is 0 Å². The van der Waals surface area contributed by atoms with Crippen molar-refractivity contribution in [3.05, 3.63) is 72.8 Å². The number of ether oxygens (including phenoxy) is 2. The fraction of sp³-hybridized carbons (Fsp3) is 0.200. The second kappa shape index (κ2) is 8.32. The maximum Gasteiger partial charge on any atom is 0.340 e.